The number of hydrogen-bond acceptors (Lipinski definition) is 2. The standard InChI is InChI=1S/C16H17F6N3O/c1-12(2-15(18,19)3-12)7-25-9(11(23)26)8(16(20,21)22)10(24-25)13-4-14(17,5-13)6-13/h2-7H2,1H3,(H2,23,26). The molecule has 4 saturated carbocycles. The van der Waals surface area contributed by atoms with E-state index in [4.69, 9.17) is 5.73 Å². The van der Waals surface area contributed by atoms with Gasteiger partial charge in [-0.2, -0.15) is 18.3 Å². The Morgan fingerprint density at radius 2 is 1.69 bits per heavy atom. The molecular weight excluding hydrogens is 364 g/mol. The lowest BCUT2D eigenvalue weighted by molar-refractivity contribution is -0.170. The van der Waals surface area contributed by atoms with Crippen LogP contribution in [-0.4, -0.2) is 27.3 Å². The number of nitrogens with two attached hydrogens (primary N) is 1. The van der Waals surface area contributed by atoms with Gasteiger partial charge >= 0.3 is 6.18 Å². The Labute approximate surface area is 144 Å². The number of halogens is 6. The molecule has 4 aliphatic carbocycles. The third-order valence-electron chi connectivity index (χ3n) is 5.84. The number of amides is 1. The van der Waals surface area contributed by atoms with Crippen LogP contribution in [0, 0.1) is 5.41 Å². The highest BCUT2D eigenvalue weighted by atomic mass is 19.4. The van der Waals surface area contributed by atoms with Crippen molar-refractivity contribution in [3.8, 4) is 0 Å². The molecule has 0 spiro atoms. The van der Waals surface area contributed by atoms with E-state index < -0.39 is 58.6 Å². The van der Waals surface area contributed by atoms with E-state index in [-0.39, 0.29) is 31.5 Å². The summed E-state index contributed by atoms with van der Waals surface area (Å²) in [6.07, 6.45) is -6.14. The van der Waals surface area contributed by atoms with Crippen LogP contribution in [-0.2, 0) is 18.1 Å². The summed E-state index contributed by atoms with van der Waals surface area (Å²) in [6.45, 7) is 1.22. The topological polar surface area (TPSA) is 60.9 Å². The third-order valence-corrected chi connectivity index (χ3v) is 5.84. The Morgan fingerprint density at radius 3 is 2.08 bits per heavy atom. The highest BCUT2D eigenvalue weighted by molar-refractivity contribution is 5.93. The lowest BCUT2D eigenvalue weighted by atomic mass is 9.41. The fourth-order valence-electron chi connectivity index (χ4n) is 5.05. The van der Waals surface area contributed by atoms with Gasteiger partial charge in [0.2, 0.25) is 5.92 Å². The van der Waals surface area contributed by atoms with E-state index in [0.717, 1.165) is 4.68 Å². The van der Waals surface area contributed by atoms with Gasteiger partial charge in [0.05, 0.1) is 5.69 Å². The van der Waals surface area contributed by atoms with Crippen LogP contribution >= 0.6 is 0 Å². The van der Waals surface area contributed by atoms with Crippen LogP contribution in [0.25, 0.3) is 0 Å². The van der Waals surface area contributed by atoms with Gasteiger partial charge in [-0.1, -0.05) is 6.92 Å². The SMILES string of the molecule is CC1(Cn2nc(C34CC(F)(C3)C4)c(C(F)(F)F)c2C(N)=O)CC(F)(F)C1. The molecule has 0 saturated heterocycles. The first-order chi connectivity index (χ1) is 11.7. The summed E-state index contributed by atoms with van der Waals surface area (Å²) in [5, 5.41) is 3.96. The first-order valence-corrected chi connectivity index (χ1v) is 8.23. The van der Waals surface area contributed by atoms with Crippen LogP contribution in [0.1, 0.15) is 60.8 Å². The summed E-state index contributed by atoms with van der Waals surface area (Å²) in [5.74, 6) is -4.20. The number of rotatable bonds is 4. The maximum absolute atomic E-state index is 13.8. The molecule has 0 aliphatic heterocycles. The van der Waals surface area contributed by atoms with Crippen LogP contribution in [0.15, 0.2) is 0 Å². The Bertz CT molecular complexity index is 784. The number of aromatic nitrogens is 2. The summed E-state index contributed by atoms with van der Waals surface area (Å²) in [5.41, 5.74) is -0.770. The zero-order chi connectivity index (χ0) is 19.3. The van der Waals surface area contributed by atoms with E-state index in [1.807, 2.05) is 0 Å². The van der Waals surface area contributed by atoms with Gasteiger partial charge in [-0.05, 0) is 24.7 Å². The number of carbonyl (C=O) groups is 1. The smallest absolute Gasteiger partial charge is 0.364 e. The van der Waals surface area contributed by atoms with Gasteiger partial charge in [0.25, 0.3) is 5.91 Å². The van der Waals surface area contributed by atoms with Crippen LogP contribution in [0.4, 0.5) is 26.3 Å². The molecule has 1 heterocycles. The molecule has 1 aromatic heterocycles. The summed E-state index contributed by atoms with van der Waals surface area (Å²) >= 11 is 0. The van der Waals surface area contributed by atoms with Gasteiger partial charge < -0.3 is 5.73 Å². The lowest BCUT2D eigenvalue weighted by Gasteiger charge is -2.65. The zero-order valence-corrected chi connectivity index (χ0v) is 13.9. The number of hydrogen-bond donors (Lipinski definition) is 1. The first kappa shape index (κ1) is 17.7. The highest BCUT2D eigenvalue weighted by Gasteiger charge is 2.72. The van der Waals surface area contributed by atoms with Crippen molar-refractivity contribution in [3.05, 3.63) is 17.0 Å². The van der Waals surface area contributed by atoms with E-state index in [0.29, 0.717) is 0 Å². The predicted molar refractivity (Wildman–Crippen MR) is 77.4 cm³/mol. The minimum Gasteiger partial charge on any atom is -0.364 e. The van der Waals surface area contributed by atoms with Gasteiger partial charge in [-0.15, -0.1) is 0 Å². The number of primary amides is 1. The van der Waals surface area contributed by atoms with Gasteiger partial charge in [-0.25, -0.2) is 13.2 Å². The van der Waals surface area contributed by atoms with E-state index in [1.165, 1.54) is 6.92 Å². The number of alkyl halides is 6. The summed E-state index contributed by atoms with van der Waals surface area (Å²) in [6, 6.07) is 0. The minimum atomic E-state index is -4.90. The second kappa shape index (κ2) is 4.56. The Balaban J connectivity index is 1.77. The Morgan fingerprint density at radius 1 is 1.15 bits per heavy atom. The van der Waals surface area contributed by atoms with Crippen LogP contribution in [0.3, 0.4) is 0 Å². The molecule has 5 rings (SSSR count). The van der Waals surface area contributed by atoms with Crippen LogP contribution in [0.5, 0.6) is 0 Å². The largest absolute Gasteiger partial charge is 0.420 e. The third kappa shape index (κ3) is 2.36. The zero-order valence-electron chi connectivity index (χ0n) is 13.9. The molecule has 0 atom stereocenters. The normalized spacial score (nSPS) is 33.8. The molecule has 1 amide bonds. The average Bonchev–Trinajstić information content (AvgIpc) is 2.69. The van der Waals surface area contributed by atoms with Crippen molar-refractivity contribution < 1.29 is 31.1 Å². The highest BCUT2D eigenvalue weighted by Crippen LogP contribution is 2.70. The summed E-state index contributed by atoms with van der Waals surface area (Å²) in [4.78, 5) is 11.8. The Hall–Kier alpha value is -1.74. The molecule has 4 aliphatic rings. The summed E-state index contributed by atoms with van der Waals surface area (Å²) in [7, 11) is 0. The van der Waals surface area contributed by atoms with Gasteiger partial charge in [0.1, 0.15) is 16.9 Å². The van der Waals surface area contributed by atoms with Crippen molar-refractivity contribution >= 4 is 5.91 Å². The van der Waals surface area contributed by atoms with Crippen molar-refractivity contribution in [1.29, 1.82) is 0 Å². The molecule has 1 aromatic rings. The van der Waals surface area contributed by atoms with Crippen molar-refractivity contribution in [2.24, 2.45) is 11.1 Å². The molecule has 26 heavy (non-hydrogen) atoms. The fraction of sp³-hybridized carbons (Fsp3) is 0.750. The Kier molecular flexibility index (Phi) is 3.10. The van der Waals surface area contributed by atoms with Gasteiger partial charge in [0.15, 0.2) is 0 Å². The first-order valence-electron chi connectivity index (χ1n) is 8.23. The second-order valence-electron chi connectivity index (χ2n) is 8.57. The molecule has 4 fully saturated rings. The molecule has 0 aromatic carbocycles. The molecule has 0 unspecified atom stereocenters. The number of carbonyl (C=O) groups excluding carboxylic acids is 1. The monoisotopic (exact) mass is 381 g/mol. The molecule has 0 radical (unpaired) electrons. The van der Waals surface area contributed by atoms with Crippen molar-refractivity contribution in [2.45, 2.75) is 68.8 Å². The molecule has 2 N–H and O–H groups in total. The van der Waals surface area contributed by atoms with Crippen molar-refractivity contribution in [3.63, 3.8) is 0 Å². The quantitative estimate of drug-likeness (QED) is 0.811. The van der Waals surface area contributed by atoms with Crippen LogP contribution in [0.2, 0.25) is 0 Å². The molecular formula is C16H17F6N3O. The predicted octanol–water partition coefficient (Wildman–Crippen LogP) is 3.58. The number of nitrogens with zero attached hydrogens (tertiary/aromatic N) is 2. The molecule has 10 heteroatoms. The second-order valence-corrected chi connectivity index (χ2v) is 8.57. The maximum Gasteiger partial charge on any atom is 0.420 e. The lowest BCUT2D eigenvalue weighted by Crippen LogP contribution is -2.67. The van der Waals surface area contributed by atoms with Crippen LogP contribution < -0.4 is 5.73 Å². The van der Waals surface area contributed by atoms with Gasteiger partial charge in [-0.3, -0.25) is 9.48 Å². The molecule has 144 valence electrons. The maximum atomic E-state index is 13.8. The van der Waals surface area contributed by atoms with E-state index >= 15 is 0 Å². The average molecular weight is 381 g/mol. The van der Waals surface area contributed by atoms with Crippen molar-refractivity contribution in [2.75, 3.05) is 0 Å². The minimum absolute atomic E-state index is 0.0758. The van der Waals surface area contributed by atoms with E-state index in [2.05, 4.69) is 5.10 Å². The van der Waals surface area contributed by atoms with Crippen molar-refractivity contribution in [1.82, 2.24) is 9.78 Å². The van der Waals surface area contributed by atoms with Gasteiger partial charge in [0, 0.05) is 24.8 Å². The fourth-order valence-corrected chi connectivity index (χ4v) is 5.05. The summed E-state index contributed by atoms with van der Waals surface area (Å²) < 4.78 is 82.1. The molecule has 2 bridgehead atoms. The van der Waals surface area contributed by atoms with E-state index in [1.54, 1.807) is 0 Å². The molecule has 4 nitrogen and oxygen atoms in total. The van der Waals surface area contributed by atoms with E-state index in [9.17, 15) is 31.1 Å².